The summed E-state index contributed by atoms with van der Waals surface area (Å²) in [5.41, 5.74) is 0. The first-order valence-corrected chi connectivity index (χ1v) is 9.29. The monoisotopic (exact) mass is 338 g/mol. The predicted molar refractivity (Wildman–Crippen MR) is 80.5 cm³/mol. The number of aromatic nitrogens is 1. The fourth-order valence-corrected chi connectivity index (χ4v) is 5.37. The third-order valence-electron chi connectivity index (χ3n) is 3.89. The molecule has 1 unspecified atom stereocenters. The van der Waals surface area contributed by atoms with E-state index in [1.54, 1.807) is 22.6 Å². The summed E-state index contributed by atoms with van der Waals surface area (Å²) in [4.78, 5) is 4.52. The van der Waals surface area contributed by atoms with Gasteiger partial charge in [0.2, 0.25) is 16.8 Å². The second-order valence-electron chi connectivity index (χ2n) is 5.16. The summed E-state index contributed by atoms with van der Waals surface area (Å²) in [6, 6.07) is 4.58. The third-order valence-corrected chi connectivity index (χ3v) is 6.67. The van der Waals surface area contributed by atoms with Crippen molar-refractivity contribution in [2.75, 3.05) is 13.3 Å². The lowest BCUT2D eigenvalue weighted by Gasteiger charge is -2.22. The van der Waals surface area contributed by atoms with Gasteiger partial charge in [-0.3, -0.25) is 0 Å². The number of fused-ring (bicyclic) bond motifs is 1. The van der Waals surface area contributed by atoms with Crippen molar-refractivity contribution in [1.29, 1.82) is 0 Å². The Hall–Kier alpha value is -1.64. The highest BCUT2D eigenvalue weighted by Crippen LogP contribution is 2.40. The molecule has 0 radical (unpaired) electrons. The van der Waals surface area contributed by atoms with Gasteiger partial charge in [0.05, 0.1) is 10.9 Å². The molecule has 0 N–H and O–H groups in total. The number of ether oxygens (including phenoxy) is 2. The van der Waals surface area contributed by atoms with Crippen LogP contribution in [0.2, 0.25) is 0 Å². The minimum Gasteiger partial charge on any atom is -0.454 e. The Kier molecular flexibility index (Phi) is 3.32. The summed E-state index contributed by atoms with van der Waals surface area (Å²) in [6.07, 6.45) is 3.36. The maximum Gasteiger partial charge on any atom is 0.243 e. The van der Waals surface area contributed by atoms with E-state index >= 15 is 0 Å². The standard InChI is InChI=1S/C14H14N2O4S2/c17-22(18,10-3-4-12-13(8-10)20-9-19-12)16-6-1-2-11(16)14-15-5-7-21-14/h3-5,7-8,11H,1-2,6,9H2. The zero-order valence-corrected chi connectivity index (χ0v) is 13.3. The molecule has 0 aliphatic carbocycles. The maximum atomic E-state index is 12.9. The van der Waals surface area contributed by atoms with Gasteiger partial charge in [-0.25, -0.2) is 13.4 Å². The molecule has 2 aromatic rings. The molecule has 1 atom stereocenters. The van der Waals surface area contributed by atoms with E-state index < -0.39 is 10.0 Å². The minimum absolute atomic E-state index is 0.129. The third kappa shape index (κ3) is 2.18. The van der Waals surface area contributed by atoms with Crippen LogP contribution >= 0.6 is 11.3 Å². The van der Waals surface area contributed by atoms with Gasteiger partial charge >= 0.3 is 0 Å². The van der Waals surface area contributed by atoms with Crippen LogP contribution < -0.4 is 9.47 Å². The Labute approximate surface area is 132 Å². The van der Waals surface area contributed by atoms with Gasteiger partial charge in [-0.2, -0.15) is 4.31 Å². The summed E-state index contributed by atoms with van der Waals surface area (Å²) >= 11 is 1.49. The van der Waals surface area contributed by atoms with Gasteiger partial charge in [0.15, 0.2) is 11.5 Å². The van der Waals surface area contributed by atoms with Crippen molar-refractivity contribution < 1.29 is 17.9 Å². The molecule has 0 bridgehead atoms. The second-order valence-corrected chi connectivity index (χ2v) is 7.98. The molecular weight excluding hydrogens is 324 g/mol. The van der Waals surface area contributed by atoms with Crippen LogP contribution in [-0.2, 0) is 10.0 Å². The highest BCUT2D eigenvalue weighted by molar-refractivity contribution is 7.89. The maximum absolute atomic E-state index is 12.9. The zero-order valence-electron chi connectivity index (χ0n) is 11.6. The lowest BCUT2D eigenvalue weighted by molar-refractivity contribution is 0.174. The van der Waals surface area contributed by atoms with Crippen LogP contribution in [0.15, 0.2) is 34.7 Å². The molecule has 0 amide bonds. The molecule has 4 rings (SSSR count). The van der Waals surface area contributed by atoms with Gasteiger partial charge in [0.1, 0.15) is 5.01 Å². The number of rotatable bonds is 3. The number of benzene rings is 1. The van der Waals surface area contributed by atoms with Gasteiger partial charge in [-0.15, -0.1) is 11.3 Å². The molecule has 6 nitrogen and oxygen atoms in total. The summed E-state index contributed by atoms with van der Waals surface area (Å²) in [5, 5.41) is 2.72. The van der Waals surface area contributed by atoms with E-state index in [4.69, 9.17) is 9.47 Å². The van der Waals surface area contributed by atoms with Crippen molar-refractivity contribution in [3.05, 3.63) is 34.8 Å². The second kappa shape index (κ2) is 5.22. The van der Waals surface area contributed by atoms with Crippen molar-refractivity contribution in [3.8, 4) is 11.5 Å². The molecule has 1 saturated heterocycles. The Bertz CT molecular complexity index is 789. The summed E-state index contributed by atoms with van der Waals surface area (Å²) in [5.74, 6) is 1.06. The van der Waals surface area contributed by atoms with Gasteiger partial charge < -0.3 is 9.47 Å². The van der Waals surface area contributed by atoms with E-state index in [0.29, 0.717) is 18.0 Å². The molecule has 1 aromatic heterocycles. The van der Waals surface area contributed by atoms with Crippen LogP contribution in [0.25, 0.3) is 0 Å². The van der Waals surface area contributed by atoms with E-state index in [9.17, 15) is 8.42 Å². The van der Waals surface area contributed by atoms with Gasteiger partial charge in [0, 0.05) is 24.2 Å². The fourth-order valence-electron chi connectivity index (χ4n) is 2.85. The highest BCUT2D eigenvalue weighted by Gasteiger charge is 2.38. The average molecular weight is 338 g/mol. The van der Waals surface area contributed by atoms with Crippen molar-refractivity contribution in [2.24, 2.45) is 0 Å². The SMILES string of the molecule is O=S(=O)(c1ccc2c(c1)OCO2)N1CCCC1c1nccs1. The summed E-state index contributed by atoms with van der Waals surface area (Å²) in [6.45, 7) is 0.644. The molecule has 2 aliphatic heterocycles. The molecule has 0 saturated carbocycles. The Balaban J connectivity index is 1.71. The number of sulfonamides is 1. The summed E-state index contributed by atoms with van der Waals surface area (Å²) in [7, 11) is -3.57. The molecule has 22 heavy (non-hydrogen) atoms. The van der Waals surface area contributed by atoms with Crippen molar-refractivity contribution >= 4 is 21.4 Å². The molecule has 2 aliphatic rings. The van der Waals surface area contributed by atoms with Crippen LogP contribution in [0.4, 0.5) is 0 Å². The Morgan fingerprint density at radius 3 is 2.95 bits per heavy atom. The molecule has 1 aromatic carbocycles. The molecule has 116 valence electrons. The number of thiazole rings is 1. The molecule has 0 spiro atoms. The lowest BCUT2D eigenvalue weighted by atomic mass is 10.2. The van der Waals surface area contributed by atoms with Crippen molar-refractivity contribution in [2.45, 2.75) is 23.8 Å². The summed E-state index contributed by atoms with van der Waals surface area (Å²) < 4.78 is 38.0. The Morgan fingerprint density at radius 2 is 2.14 bits per heavy atom. The van der Waals surface area contributed by atoms with E-state index in [1.165, 1.54) is 17.4 Å². The van der Waals surface area contributed by atoms with Crippen LogP contribution in [-0.4, -0.2) is 31.0 Å². The van der Waals surface area contributed by atoms with Crippen molar-refractivity contribution in [3.63, 3.8) is 0 Å². The van der Waals surface area contributed by atoms with Gasteiger partial charge in [-0.1, -0.05) is 0 Å². The van der Waals surface area contributed by atoms with E-state index in [0.717, 1.165) is 17.8 Å². The first-order valence-electron chi connectivity index (χ1n) is 6.97. The van der Waals surface area contributed by atoms with Gasteiger partial charge in [-0.05, 0) is 25.0 Å². The topological polar surface area (TPSA) is 68.7 Å². The highest BCUT2D eigenvalue weighted by atomic mass is 32.2. The first kappa shape index (κ1) is 14.0. The van der Waals surface area contributed by atoms with Crippen molar-refractivity contribution in [1.82, 2.24) is 9.29 Å². The fraction of sp³-hybridized carbons (Fsp3) is 0.357. The molecular formula is C14H14N2O4S2. The number of hydrogen-bond donors (Lipinski definition) is 0. The lowest BCUT2D eigenvalue weighted by Crippen LogP contribution is -2.30. The molecule has 3 heterocycles. The predicted octanol–water partition coefficient (Wildman–Crippen LogP) is 2.40. The normalized spacial score (nSPS) is 21.4. The van der Waals surface area contributed by atoms with E-state index in [-0.39, 0.29) is 17.7 Å². The quantitative estimate of drug-likeness (QED) is 0.859. The van der Waals surface area contributed by atoms with Crippen LogP contribution in [0.1, 0.15) is 23.9 Å². The smallest absolute Gasteiger partial charge is 0.243 e. The molecule has 8 heteroatoms. The first-order chi connectivity index (χ1) is 10.7. The number of hydrogen-bond acceptors (Lipinski definition) is 6. The zero-order chi connectivity index (χ0) is 15.2. The number of nitrogens with zero attached hydrogens (tertiary/aromatic N) is 2. The minimum atomic E-state index is -3.57. The average Bonchev–Trinajstić information content (AvgIpc) is 3.25. The Morgan fingerprint density at radius 1 is 1.27 bits per heavy atom. The molecule has 1 fully saturated rings. The van der Waals surface area contributed by atoms with Gasteiger partial charge in [0.25, 0.3) is 0 Å². The van der Waals surface area contributed by atoms with Crippen LogP contribution in [0.5, 0.6) is 11.5 Å². The van der Waals surface area contributed by atoms with Crippen LogP contribution in [0.3, 0.4) is 0 Å². The van der Waals surface area contributed by atoms with E-state index in [1.807, 2.05) is 5.38 Å². The van der Waals surface area contributed by atoms with E-state index in [2.05, 4.69) is 4.98 Å². The largest absolute Gasteiger partial charge is 0.454 e. The van der Waals surface area contributed by atoms with Crippen LogP contribution in [0, 0.1) is 0 Å².